The van der Waals surface area contributed by atoms with Crippen LogP contribution in [0.15, 0.2) is 78.9 Å². The Morgan fingerprint density at radius 2 is 1.52 bits per heavy atom. The summed E-state index contributed by atoms with van der Waals surface area (Å²) in [5, 5.41) is 5.91. The molecule has 0 aliphatic carbocycles. The summed E-state index contributed by atoms with van der Waals surface area (Å²) in [6.45, 7) is 3.47. The molecule has 0 heterocycles. The number of anilines is 1. The smallest absolute Gasteiger partial charge is 0.226 e. The standard InChI is InChI=1S/C25H26N2O2/c1-18-12-14-21(15-13-18)24(26-19(2)28)17-25(29)27-23-11-7-6-10-22(23)16-20-8-4-3-5-9-20/h3-15,24H,16-17H2,1-2H3,(H,26,28)(H,27,29). The molecule has 0 aliphatic heterocycles. The minimum atomic E-state index is -0.366. The maximum Gasteiger partial charge on any atom is 0.226 e. The lowest BCUT2D eigenvalue weighted by molar-refractivity contribution is -0.120. The zero-order chi connectivity index (χ0) is 20.6. The van der Waals surface area contributed by atoms with Crippen LogP contribution in [0.5, 0.6) is 0 Å². The van der Waals surface area contributed by atoms with Crippen LogP contribution in [0.25, 0.3) is 0 Å². The molecule has 0 saturated heterocycles. The monoisotopic (exact) mass is 386 g/mol. The lowest BCUT2D eigenvalue weighted by Gasteiger charge is -2.19. The summed E-state index contributed by atoms with van der Waals surface area (Å²) in [4.78, 5) is 24.4. The summed E-state index contributed by atoms with van der Waals surface area (Å²) in [7, 11) is 0. The molecular formula is C25H26N2O2. The van der Waals surface area contributed by atoms with E-state index in [1.807, 2.05) is 73.7 Å². The average molecular weight is 386 g/mol. The van der Waals surface area contributed by atoms with E-state index in [0.29, 0.717) is 0 Å². The molecule has 0 fully saturated rings. The van der Waals surface area contributed by atoms with E-state index in [1.165, 1.54) is 12.5 Å². The predicted octanol–water partition coefficient (Wildman–Crippen LogP) is 4.79. The molecule has 2 N–H and O–H groups in total. The third kappa shape index (κ3) is 6.04. The topological polar surface area (TPSA) is 58.2 Å². The second kappa shape index (κ2) is 9.69. The van der Waals surface area contributed by atoms with Crippen molar-refractivity contribution in [2.75, 3.05) is 5.32 Å². The third-order valence-corrected chi connectivity index (χ3v) is 4.78. The minimum Gasteiger partial charge on any atom is -0.349 e. The molecule has 2 amide bonds. The average Bonchev–Trinajstić information content (AvgIpc) is 2.70. The van der Waals surface area contributed by atoms with Crippen molar-refractivity contribution in [3.05, 3.63) is 101 Å². The quantitative estimate of drug-likeness (QED) is 0.613. The highest BCUT2D eigenvalue weighted by Gasteiger charge is 2.18. The van der Waals surface area contributed by atoms with Gasteiger partial charge >= 0.3 is 0 Å². The number of nitrogens with one attached hydrogen (secondary N) is 2. The second-order valence-electron chi connectivity index (χ2n) is 7.24. The number of rotatable bonds is 7. The number of benzene rings is 3. The van der Waals surface area contributed by atoms with Gasteiger partial charge in [0.15, 0.2) is 0 Å². The molecule has 148 valence electrons. The molecular weight excluding hydrogens is 360 g/mol. The molecule has 0 aromatic heterocycles. The van der Waals surface area contributed by atoms with Crippen LogP contribution in [0.3, 0.4) is 0 Å². The van der Waals surface area contributed by atoms with E-state index in [2.05, 4.69) is 22.8 Å². The summed E-state index contributed by atoms with van der Waals surface area (Å²) in [6, 6.07) is 25.5. The van der Waals surface area contributed by atoms with E-state index in [-0.39, 0.29) is 24.3 Å². The van der Waals surface area contributed by atoms with Crippen molar-refractivity contribution >= 4 is 17.5 Å². The molecule has 3 aromatic carbocycles. The van der Waals surface area contributed by atoms with Gasteiger partial charge in [-0.2, -0.15) is 0 Å². The zero-order valence-corrected chi connectivity index (χ0v) is 16.8. The molecule has 3 rings (SSSR count). The van der Waals surface area contributed by atoms with Gasteiger partial charge in [-0.3, -0.25) is 9.59 Å². The number of para-hydroxylation sites is 1. The van der Waals surface area contributed by atoms with E-state index in [4.69, 9.17) is 0 Å². The van der Waals surface area contributed by atoms with Crippen LogP contribution in [-0.2, 0) is 16.0 Å². The van der Waals surface area contributed by atoms with Crippen LogP contribution >= 0.6 is 0 Å². The molecule has 0 bridgehead atoms. The van der Waals surface area contributed by atoms with E-state index >= 15 is 0 Å². The van der Waals surface area contributed by atoms with Crippen LogP contribution in [0.2, 0.25) is 0 Å². The Labute approximate surface area is 172 Å². The van der Waals surface area contributed by atoms with Crippen molar-refractivity contribution in [3.8, 4) is 0 Å². The Kier molecular flexibility index (Phi) is 6.80. The molecule has 3 aromatic rings. The zero-order valence-electron chi connectivity index (χ0n) is 16.8. The third-order valence-electron chi connectivity index (χ3n) is 4.78. The van der Waals surface area contributed by atoms with Crippen LogP contribution in [-0.4, -0.2) is 11.8 Å². The number of carbonyl (C=O) groups is 2. The molecule has 0 saturated carbocycles. The van der Waals surface area contributed by atoms with Crippen molar-refractivity contribution in [1.29, 1.82) is 0 Å². The van der Waals surface area contributed by atoms with Gasteiger partial charge in [0.2, 0.25) is 11.8 Å². The first-order valence-electron chi connectivity index (χ1n) is 9.76. The molecule has 29 heavy (non-hydrogen) atoms. The number of aryl methyl sites for hydroxylation is 1. The van der Waals surface area contributed by atoms with E-state index in [1.54, 1.807) is 0 Å². The van der Waals surface area contributed by atoms with Crippen molar-refractivity contribution in [2.45, 2.75) is 32.7 Å². The van der Waals surface area contributed by atoms with Gasteiger partial charge < -0.3 is 10.6 Å². The van der Waals surface area contributed by atoms with Gasteiger partial charge in [0, 0.05) is 12.6 Å². The molecule has 0 radical (unpaired) electrons. The van der Waals surface area contributed by atoms with Gasteiger partial charge in [0.1, 0.15) is 0 Å². The number of carbonyl (C=O) groups excluding carboxylic acids is 2. The predicted molar refractivity (Wildman–Crippen MR) is 117 cm³/mol. The van der Waals surface area contributed by atoms with Gasteiger partial charge in [-0.05, 0) is 36.1 Å². The summed E-state index contributed by atoms with van der Waals surface area (Å²) < 4.78 is 0. The first kappa shape index (κ1) is 20.3. The molecule has 4 nitrogen and oxygen atoms in total. The van der Waals surface area contributed by atoms with Crippen molar-refractivity contribution in [1.82, 2.24) is 5.32 Å². The summed E-state index contributed by atoms with van der Waals surface area (Å²) in [5.41, 5.74) is 5.09. The maximum atomic E-state index is 12.8. The SMILES string of the molecule is CC(=O)NC(CC(=O)Nc1ccccc1Cc1ccccc1)c1ccc(C)cc1. The summed E-state index contributed by atoms with van der Waals surface area (Å²) in [5.74, 6) is -0.294. The Balaban J connectivity index is 1.73. The Bertz CT molecular complexity index is 966. The first-order valence-corrected chi connectivity index (χ1v) is 9.76. The lowest BCUT2D eigenvalue weighted by atomic mass is 10.0. The summed E-state index contributed by atoms with van der Waals surface area (Å²) in [6.07, 6.45) is 0.909. The second-order valence-corrected chi connectivity index (χ2v) is 7.24. The Hall–Kier alpha value is -3.40. The fourth-order valence-electron chi connectivity index (χ4n) is 3.30. The fourth-order valence-corrected chi connectivity index (χ4v) is 3.30. The lowest BCUT2D eigenvalue weighted by Crippen LogP contribution is -2.29. The summed E-state index contributed by atoms with van der Waals surface area (Å²) >= 11 is 0. The van der Waals surface area contributed by atoms with E-state index in [0.717, 1.165) is 28.8 Å². The van der Waals surface area contributed by atoms with E-state index in [9.17, 15) is 9.59 Å². The van der Waals surface area contributed by atoms with Crippen molar-refractivity contribution in [3.63, 3.8) is 0 Å². The largest absolute Gasteiger partial charge is 0.349 e. The van der Waals surface area contributed by atoms with Gasteiger partial charge in [-0.25, -0.2) is 0 Å². The van der Waals surface area contributed by atoms with Crippen LogP contribution in [0.1, 0.15) is 41.6 Å². The fraction of sp³-hybridized carbons (Fsp3) is 0.200. The highest BCUT2D eigenvalue weighted by atomic mass is 16.2. The van der Waals surface area contributed by atoms with Crippen LogP contribution in [0, 0.1) is 6.92 Å². The molecule has 0 spiro atoms. The van der Waals surface area contributed by atoms with Crippen molar-refractivity contribution < 1.29 is 9.59 Å². The first-order chi connectivity index (χ1) is 14.0. The van der Waals surface area contributed by atoms with Crippen LogP contribution < -0.4 is 10.6 Å². The number of amides is 2. The minimum absolute atomic E-state index is 0.134. The van der Waals surface area contributed by atoms with Gasteiger partial charge in [0.05, 0.1) is 12.5 Å². The molecule has 4 heteroatoms. The number of hydrogen-bond acceptors (Lipinski definition) is 2. The normalized spacial score (nSPS) is 11.5. The van der Waals surface area contributed by atoms with Crippen molar-refractivity contribution in [2.24, 2.45) is 0 Å². The molecule has 0 aliphatic rings. The van der Waals surface area contributed by atoms with Gasteiger partial charge in [0.25, 0.3) is 0 Å². The molecule has 1 atom stereocenters. The Morgan fingerprint density at radius 3 is 2.21 bits per heavy atom. The maximum absolute atomic E-state index is 12.8. The van der Waals surface area contributed by atoms with Gasteiger partial charge in [-0.1, -0.05) is 78.4 Å². The Morgan fingerprint density at radius 1 is 0.862 bits per heavy atom. The highest BCUT2D eigenvalue weighted by molar-refractivity contribution is 5.92. The number of hydrogen-bond donors (Lipinski definition) is 2. The van der Waals surface area contributed by atoms with E-state index < -0.39 is 0 Å². The molecule has 1 unspecified atom stereocenters. The highest BCUT2D eigenvalue weighted by Crippen LogP contribution is 2.22. The van der Waals surface area contributed by atoms with Crippen LogP contribution in [0.4, 0.5) is 5.69 Å². The van der Waals surface area contributed by atoms with Gasteiger partial charge in [-0.15, -0.1) is 0 Å².